The second kappa shape index (κ2) is 9.68. The van der Waals surface area contributed by atoms with E-state index in [0.29, 0.717) is 6.07 Å². The lowest BCUT2D eigenvalue weighted by molar-refractivity contribution is -0.153. The number of terminal acetylenes is 1. The first-order valence-corrected chi connectivity index (χ1v) is 10.5. The van der Waals surface area contributed by atoms with Crippen molar-refractivity contribution in [1.82, 2.24) is 9.62 Å². The highest BCUT2D eigenvalue weighted by atomic mass is 35.5. The molecule has 0 unspecified atom stereocenters. The summed E-state index contributed by atoms with van der Waals surface area (Å²) in [5, 5.41) is 1.72. The molecular formula is C18H18ClF3N2O5S. The molecule has 0 saturated carbocycles. The lowest BCUT2D eigenvalue weighted by atomic mass is 9.98. The molecule has 1 N–H and O–H groups in total. The number of rotatable bonds is 6. The van der Waals surface area contributed by atoms with E-state index in [-0.39, 0.29) is 32.5 Å². The van der Waals surface area contributed by atoms with E-state index in [1.165, 1.54) is 0 Å². The van der Waals surface area contributed by atoms with E-state index in [4.69, 9.17) is 22.8 Å². The number of piperidine rings is 1. The summed E-state index contributed by atoms with van der Waals surface area (Å²) in [4.78, 5) is 22.9. The third-order valence-corrected chi connectivity index (χ3v) is 6.63. The van der Waals surface area contributed by atoms with E-state index < -0.39 is 56.1 Å². The lowest BCUT2D eigenvalue weighted by Crippen LogP contribution is -2.41. The number of halogens is 4. The maximum Gasteiger partial charge on any atom is 0.417 e. The van der Waals surface area contributed by atoms with Crippen molar-refractivity contribution in [1.29, 1.82) is 0 Å². The van der Waals surface area contributed by atoms with Crippen LogP contribution >= 0.6 is 11.6 Å². The molecule has 1 fully saturated rings. The predicted octanol–water partition coefficient (Wildman–Crippen LogP) is 2.05. The zero-order chi connectivity index (χ0) is 22.5. The molecule has 164 valence electrons. The number of hydrogen-bond acceptors (Lipinski definition) is 5. The zero-order valence-corrected chi connectivity index (χ0v) is 17.1. The maximum atomic E-state index is 13.0. The van der Waals surface area contributed by atoms with Gasteiger partial charge in [0, 0.05) is 13.1 Å². The quantitative estimate of drug-likeness (QED) is 0.511. The molecular weight excluding hydrogens is 449 g/mol. The van der Waals surface area contributed by atoms with Crippen LogP contribution in [-0.4, -0.2) is 50.8 Å². The van der Waals surface area contributed by atoms with E-state index >= 15 is 0 Å². The molecule has 0 aliphatic carbocycles. The van der Waals surface area contributed by atoms with Gasteiger partial charge in [-0.15, -0.1) is 6.42 Å². The summed E-state index contributed by atoms with van der Waals surface area (Å²) in [6, 6.07) is 2.38. The summed E-state index contributed by atoms with van der Waals surface area (Å²) in [5.74, 6) is 0.337. The van der Waals surface area contributed by atoms with E-state index in [1.54, 1.807) is 0 Å². The molecule has 1 heterocycles. The van der Waals surface area contributed by atoms with Crippen LogP contribution in [0.15, 0.2) is 23.1 Å². The lowest BCUT2D eigenvalue weighted by Gasteiger charge is -2.30. The van der Waals surface area contributed by atoms with Gasteiger partial charge in [0.15, 0.2) is 6.61 Å². The Morgan fingerprint density at radius 2 is 1.93 bits per heavy atom. The Morgan fingerprint density at radius 3 is 2.50 bits per heavy atom. The Kier molecular flexibility index (Phi) is 7.74. The van der Waals surface area contributed by atoms with Gasteiger partial charge in [0.2, 0.25) is 10.0 Å². The first-order valence-electron chi connectivity index (χ1n) is 8.70. The van der Waals surface area contributed by atoms with Gasteiger partial charge in [0.05, 0.1) is 27.9 Å². The number of amides is 1. The molecule has 1 aromatic carbocycles. The number of nitrogens with zero attached hydrogens (tertiary/aromatic N) is 1. The van der Waals surface area contributed by atoms with Gasteiger partial charge < -0.3 is 10.1 Å². The highest BCUT2D eigenvalue weighted by molar-refractivity contribution is 7.89. The highest BCUT2D eigenvalue weighted by Crippen LogP contribution is 2.36. The molecule has 1 saturated heterocycles. The Hall–Kier alpha value is -2.29. The van der Waals surface area contributed by atoms with Crippen molar-refractivity contribution >= 4 is 33.5 Å². The molecule has 0 aromatic heterocycles. The third-order valence-electron chi connectivity index (χ3n) is 4.40. The minimum absolute atomic E-state index is 0.00656. The summed E-state index contributed by atoms with van der Waals surface area (Å²) in [6.45, 7) is -0.692. The summed E-state index contributed by atoms with van der Waals surface area (Å²) in [5.41, 5.74) is -1.24. The van der Waals surface area contributed by atoms with Crippen LogP contribution in [0.4, 0.5) is 13.2 Å². The van der Waals surface area contributed by atoms with Crippen LogP contribution in [0.3, 0.4) is 0 Å². The largest absolute Gasteiger partial charge is 0.455 e. The van der Waals surface area contributed by atoms with Crippen molar-refractivity contribution in [2.45, 2.75) is 23.9 Å². The Morgan fingerprint density at radius 1 is 1.30 bits per heavy atom. The van der Waals surface area contributed by atoms with Gasteiger partial charge in [-0.2, -0.15) is 17.5 Å². The zero-order valence-electron chi connectivity index (χ0n) is 15.5. The van der Waals surface area contributed by atoms with Crippen LogP contribution in [0.5, 0.6) is 0 Å². The third kappa shape index (κ3) is 5.87. The second-order valence-corrected chi connectivity index (χ2v) is 8.75. The SMILES string of the molecule is C#CCNC(=O)COC(=O)C1CCN(S(=O)(=O)c2ccc(Cl)c(C(F)(F)F)c2)CC1. The highest BCUT2D eigenvalue weighted by Gasteiger charge is 2.37. The van der Waals surface area contributed by atoms with Gasteiger partial charge >= 0.3 is 12.1 Å². The van der Waals surface area contributed by atoms with Gasteiger partial charge in [-0.1, -0.05) is 17.5 Å². The molecule has 0 radical (unpaired) electrons. The van der Waals surface area contributed by atoms with Gasteiger partial charge in [0.1, 0.15) is 0 Å². The number of hydrogen-bond donors (Lipinski definition) is 1. The van der Waals surface area contributed by atoms with E-state index in [0.717, 1.165) is 16.4 Å². The molecule has 0 spiro atoms. The number of carbonyl (C=O) groups is 2. The molecule has 12 heteroatoms. The number of carbonyl (C=O) groups excluding carboxylic acids is 2. The number of ether oxygens (including phenoxy) is 1. The van der Waals surface area contributed by atoms with Gasteiger partial charge in [0.25, 0.3) is 5.91 Å². The standard InChI is InChI=1S/C18H18ClF3N2O5S/c1-2-7-23-16(25)11-29-17(26)12-5-8-24(9-6-12)30(27,28)13-3-4-15(19)14(10-13)18(20,21)22/h1,3-4,10,12H,5-9,11H2,(H,23,25). The van der Waals surface area contributed by atoms with Crippen molar-refractivity contribution < 1.29 is 35.9 Å². The maximum absolute atomic E-state index is 13.0. The fourth-order valence-electron chi connectivity index (χ4n) is 2.82. The first kappa shape index (κ1) is 24.0. The average molecular weight is 467 g/mol. The Balaban J connectivity index is 2.00. The molecule has 1 aliphatic heterocycles. The molecule has 30 heavy (non-hydrogen) atoms. The molecule has 1 aromatic rings. The Bertz CT molecular complexity index is 952. The smallest absolute Gasteiger partial charge is 0.417 e. The first-order chi connectivity index (χ1) is 14.0. The fourth-order valence-corrected chi connectivity index (χ4v) is 4.54. The minimum atomic E-state index is -4.80. The monoisotopic (exact) mass is 466 g/mol. The van der Waals surface area contributed by atoms with Gasteiger partial charge in [-0.05, 0) is 31.0 Å². The molecule has 0 bridgehead atoms. The topological polar surface area (TPSA) is 92.8 Å². The van der Waals surface area contributed by atoms with Crippen LogP contribution in [0.25, 0.3) is 0 Å². The van der Waals surface area contributed by atoms with Gasteiger partial charge in [-0.3, -0.25) is 9.59 Å². The van der Waals surface area contributed by atoms with Crippen molar-refractivity contribution in [2.75, 3.05) is 26.2 Å². The van der Waals surface area contributed by atoms with Crippen molar-refractivity contribution in [3.63, 3.8) is 0 Å². The summed E-state index contributed by atoms with van der Waals surface area (Å²) < 4.78 is 70.3. The minimum Gasteiger partial charge on any atom is -0.455 e. The summed E-state index contributed by atoms with van der Waals surface area (Å²) in [7, 11) is -4.21. The molecule has 1 amide bonds. The number of nitrogens with one attached hydrogen (secondary N) is 1. The molecule has 2 rings (SSSR count). The van der Waals surface area contributed by atoms with Gasteiger partial charge in [-0.25, -0.2) is 8.42 Å². The van der Waals surface area contributed by atoms with Crippen LogP contribution in [-0.2, 0) is 30.5 Å². The van der Waals surface area contributed by atoms with Crippen LogP contribution in [0, 0.1) is 18.3 Å². The van der Waals surface area contributed by atoms with Crippen molar-refractivity contribution in [3.05, 3.63) is 28.8 Å². The number of alkyl halides is 3. The number of benzene rings is 1. The van der Waals surface area contributed by atoms with Crippen molar-refractivity contribution in [2.24, 2.45) is 5.92 Å². The Labute approximate surface area is 176 Å². The fraction of sp³-hybridized carbons (Fsp3) is 0.444. The molecule has 1 aliphatic rings. The van der Waals surface area contributed by atoms with Crippen LogP contribution in [0.2, 0.25) is 5.02 Å². The average Bonchev–Trinajstić information content (AvgIpc) is 2.69. The second-order valence-electron chi connectivity index (χ2n) is 6.41. The van der Waals surface area contributed by atoms with Crippen LogP contribution < -0.4 is 5.32 Å². The molecule has 7 nitrogen and oxygen atoms in total. The summed E-state index contributed by atoms with van der Waals surface area (Å²) in [6.07, 6.45) is 0.390. The molecule has 0 atom stereocenters. The van der Waals surface area contributed by atoms with E-state index in [1.807, 2.05) is 0 Å². The normalized spacial score (nSPS) is 16.0. The van der Waals surface area contributed by atoms with E-state index in [2.05, 4.69) is 11.2 Å². The van der Waals surface area contributed by atoms with Crippen LogP contribution in [0.1, 0.15) is 18.4 Å². The number of sulfonamides is 1. The predicted molar refractivity (Wildman–Crippen MR) is 101 cm³/mol. The number of esters is 1. The van der Waals surface area contributed by atoms with E-state index in [9.17, 15) is 31.2 Å². The van der Waals surface area contributed by atoms with Crippen molar-refractivity contribution in [3.8, 4) is 12.3 Å². The summed E-state index contributed by atoms with van der Waals surface area (Å²) >= 11 is 5.53.